The Morgan fingerprint density at radius 3 is 2.39 bits per heavy atom. The molecule has 0 aliphatic rings. The van der Waals surface area contributed by atoms with Crippen LogP contribution in [0.4, 0.5) is 5.69 Å². The zero-order valence-corrected chi connectivity index (χ0v) is 20.5. The van der Waals surface area contributed by atoms with Gasteiger partial charge in [0, 0.05) is 32.1 Å². The van der Waals surface area contributed by atoms with Crippen molar-refractivity contribution in [1.29, 1.82) is 0 Å². The fourth-order valence-electron chi connectivity index (χ4n) is 3.82. The Labute approximate surface area is 209 Å². The number of likely N-dealkylation sites (N-methyl/N-ethyl adjacent to an activating group) is 1. The van der Waals surface area contributed by atoms with Gasteiger partial charge in [-0.05, 0) is 29.7 Å². The van der Waals surface area contributed by atoms with Crippen molar-refractivity contribution >= 4 is 17.5 Å². The zero-order valence-electron chi connectivity index (χ0n) is 20.5. The molecule has 0 bridgehead atoms. The summed E-state index contributed by atoms with van der Waals surface area (Å²) in [7, 11) is 2.86. The Morgan fingerprint density at radius 2 is 1.75 bits per heavy atom. The minimum atomic E-state index is -0.778. The molecule has 1 unspecified atom stereocenters. The standard InChI is InChI=1S/C27H29N3O6/c1-19-9-7-8-12-21(19)17-29(24(27(32)28-2)15-20-10-5-4-6-11-20)26(31)18-36-22-13-14-23(30(33)34)25(16-22)35-3/h4-14,16,24H,15,17-18H2,1-3H3,(H,28,32). The van der Waals surface area contributed by atoms with Crippen molar-refractivity contribution < 1.29 is 24.0 Å². The Balaban J connectivity index is 1.89. The number of benzene rings is 3. The number of hydrogen-bond acceptors (Lipinski definition) is 6. The summed E-state index contributed by atoms with van der Waals surface area (Å²) in [5, 5.41) is 13.8. The second-order valence-corrected chi connectivity index (χ2v) is 8.15. The van der Waals surface area contributed by atoms with Gasteiger partial charge in [0.1, 0.15) is 11.8 Å². The molecule has 188 valence electrons. The van der Waals surface area contributed by atoms with Crippen LogP contribution in [0.5, 0.6) is 11.5 Å². The predicted octanol–water partition coefficient (Wildman–Crippen LogP) is 3.68. The molecule has 0 aliphatic carbocycles. The van der Waals surface area contributed by atoms with Gasteiger partial charge in [0.2, 0.25) is 11.7 Å². The molecule has 3 aromatic carbocycles. The lowest BCUT2D eigenvalue weighted by Crippen LogP contribution is -2.51. The molecule has 3 rings (SSSR count). The van der Waals surface area contributed by atoms with Gasteiger partial charge in [-0.15, -0.1) is 0 Å². The summed E-state index contributed by atoms with van der Waals surface area (Å²) in [6, 6.07) is 20.4. The first-order valence-electron chi connectivity index (χ1n) is 11.4. The molecule has 36 heavy (non-hydrogen) atoms. The number of nitrogens with one attached hydrogen (secondary N) is 1. The van der Waals surface area contributed by atoms with E-state index in [4.69, 9.17) is 9.47 Å². The maximum absolute atomic E-state index is 13.5. The lowest BCUT2D eigenvalue weighted by atomic mass is 10.0. The molecule has 0 saturated carbocycles. The van der Waals surface area contributed by atoms with Crippen LogP contribution in [-0.4, -0.2) is 48.4 Å². The number of ether oxygens (including phenoxy) is 2. The van der Waals surface area contributed by atoms with Crippen LogP contribution in [0.15, 0.2) is 72.8 Å². The van der Waals surface area contributed by atoms with Gasteiger partial charge < -0.3 is 19.7 Å². The third-order valence-corrected chi connectivity index (χ3v) is 5.83. The number of carbonyl (C=O) groups excluding carboxylic acids is 2. The summed E-state index contributed by atoms with van der Waals surface area (Å²) in [5.41, 5.74) is 2.60. The lowest BCUT2D eigenvalue weighted by Gasteiger charge is -2.31. The van der Waals surface area contributed by atoms with E-state index in [-0.39, 0.29) is 36.2 Å². The number of carbonyl (C=O) groups is 2. The number of nitro groups is 1. The van der Waals surface area contributed by atoms with Crippen LogP contribution < -0.4 is 14.8 Å². The SMILES string of the molecule is CNC(=O)C(Cc1ccccc1)N(Cc1ccccc1C)C(=O)COc1ccc([N+](=O)[O-])c(OC)c1. The van der Waals surface area contributed by atoms with E-state index in [0.717, 1.165) is 16.7 Å². The van der Waals surface area contributed by atoms with Crippen molar-refractivity contribution in [1.82, 2.24) is 10.2 Å². The normalized spacial score (nSPS) is 11.3. The second kappa shape index (κ2) is 12.3. The molecule has 9 nitrogen and oxygen atoms in total. The van der Waals surface area contributed by atoms with Crippen LogP contribution in [0.2, 0.25) is 0 Å². The molecule has 0 aromatic heterocycles. The number of nitrogens with zero attached hydrogens (tertiary/aromatic N) is 2. The molecule has 0 radical (unpaired) electrons. The molecule has 0 aliphatic heterocycles. The monoisotopic (exact) mass is 491 g/mol. The first-order valence-corrected chi connectivity index (χ1v) is 11.4. The maximum atomic E-state index is 13.5. The molecular formula is C27H29N3O6. The first-order chi connectivity index (χ1) is 17.3. The van der Waals surface area contributed by atoms with Gasteiger partial charge in [-0.1, -0.05) is 54.6 Å². The number of hydrogen-bond donors (Lipinski definition) is 1. The third-order valence-electron chi connectivity index (χ3n) is 5.83. The molecule has 2 amide bonds. The highest BCUT2D eigenvalue weighted by Crippen LogP contribution is 2.30. The van der Waals surface area contributed by atoms with Gasteiger partial charge in [0.25, 0.3) is 5.91 Å². The molecule has 1 atom stereocenters. The fraction of sp³-hybridized carbons (Fsp3) is 0.259. The first kappa shape index (κ1) is 26.2. The van der Waals surface area contributed by atoms with Crippen molar-refractivity contribution in [2.75, 3.05) is 20.8 Å². The van der Waals surface area contributed by atoms with Gasteiger partial charge in [0.15, 0.2) is 6.61 Å². The van der Waals surface area contributed by atoms with Crippen LogP contribution in [0.3, 0.4) is 0 Å². The van der Waals surface area contributed by atoms with Crippen molar-refractivity contribution in [3.05, 3.63) is 99.6 Å². The van der Waals surface area contributed by atoms with Crippen LogP contribution >= 0.6 is 0 Å². The van der Waals surface area contributed by atoms with Gasteiger partial charge in [-0.25, -0.2) is 0 Å². The van der Waals surface area contributed by atoms with E-state index in [1.807, 2.05) is 61.5 Å². The van der Waals surface area contributed by atoms with E-state index in [9.17, 15) is 19.7 Å². The molecule has 0 saturated heterocycles. The van der Waals surface area contributed by atoms with Crippen molar-refractivity contribution in [2.24, 2.45) is 0 Å². The topological polar surface area (TPSA) is 111 Å². The number of amides is 2. The maximum Gasteiger partial charge on any atom is 0.311 e. The van der Waals surface area contributed by atoms with Crippen molar-refractivity contribution in [3.63, 3.8) is 0 Å². The average Bonchev–Trinajstić information content (AvgIpc) is 2.90. The Bertz CT molecular complexity index is 1220. The van der Waals surface area contributed by atoms with E-state index >= 15 is 0 Å². The van der Waals surface area contributed by atoms with Crippen molar-refractivity contribution in [3.8, 4) is 11.5 Å². The van der Waals surface area contributed by atoms with Crippen molar-refractivity contribution in [2.45, 2.75) is 25.9 Å². The number of methoxy groups -OCH3 is 1. The smallest absolute Gasteiger partial charge is 0.311 e. The average molecular weight is 492 g/mol. The largest absolute Gasteiger partial charge is 0.490 e. The van der Waals surface area contributed by atoms with Gasteiger partial charge in [0.05, 0.1) is 12.0 Å². The number of aryl methyl sites for hydroxylation is 1. The lowest BCUT2D eigenvalue weighted by molar-refractivity contribution is -0.385. The highest BCUT2D eigenvalue weighted by atomic mass is 16.6. The molecule has 9 heteroatoms. The van der Waals surface area contributed by atoms with E-state index in [1.165, 1.54) is 37.3 Å². The highest BCUT2D eigenvalue weighted by molar-refractivity contribution is 5.88. The second-order valence-electron chi connectivity index (χ2n) is 8.15. The van der Waals surface area contributed by atoms with Crippen LogP contribution in [-0.2, 0) is 22.6 Å². The molecule has 3 aromatic rings. The Hall–Kier alpha value is -4.40. The number of rotatable bonds is 11. The molecule has 0 fully saturated rings. The van der Waals surface area contributed by atoms with E-state index < -0.39 is 16.9 Å². The summed E-state index contributed by atoms with van der Waals surface area (Å²) in [4.78, 5) is 38.6. The summed E-state index contributed by atoms with van der Waals surface area (Å²) >= 11 is 0. The molecule has 1 N–H and O–H groups in total. The van der Waals surface area contributed by atoms with Gasteiger partial charge in [-0.3, -0.25) is 19.7 Å². The van der Waals surface area contributed by atoms with Crippen LogP contribution in [0, 0.1) is 17.0 Å². The molecular weight excluding hydrogens is 462 g/mol. The Kier molecular flexibility index (Phi) is 8.99. The zero-order chi connectivity index (χ0) is 26.1. The highest BCUT2D eigenvalue weighted by Gasteiger charge is 2.30. The number of nitro benzene ring substituents is 1. The van der Waals surface area contributed by atoms with Gasteiger partial charge >= 0.3 is 5.69 Å². The molecule has 0 spiro atoms. The fourth-order valence-corrected chi connectivity index (χ4v) is 3.82. The van der Waals surface area contributed by atoms with E-state index in [1.54, 1.807) is 0 Å². The summed E-state index contributed by atoms with van der Waals surface area (Å²) < 4.78 is 10.8. The predicted molar refractivity (Wildman–Crippen MR) is 135 cm³/mol. The minimum Gasteiger partial charge on any atom is -0.490 e. The minimum absolute atomic E-state index is 0.0223. The molecule has 0 heterocycles. The van der Waals surface area contributed by atoms with E-state index in [0.29, 0.717) is 6.42 Å². The van der Waals surface area contributed by atoms with E-state index in [2.05, 4.69) is 5.32 Å². The summed E-state index contributed by atoms with van der Waals surface area (Å²) in [5.74, 6) is -0.437. The summed E-state index contributed by atoms with van der Waals surface area (Å²) in [6.07, 6.45) is 0.323. The van der Waals surface area contributed by atoms with Crippen LogP contribution in [0.1, 0.15) is 16.7 Å². The quantitative estimate of drug-likeness (QED) is 0.324. The van der Waals surface area contributed by atoms with Crippen LogP contribution in [0.25, 0.3) is 0 Å². The Morgan fingerprint density at radius 1 is 1.06 bits per heavy atom. The summed E-state index contributed by atoms with van der Waals surface area (Å²) in [6.45, 7) is 1.79. The third kappa shape index (κ3) is 6.59. The van der Waals surface area contributed by atoms with Gasteiger partial charge in [-0.2, -0.15) is 0 Å².